The molecule has 4 atom stereocenters. The minimum absolute atomic E-state index is 0.000139. The number of carbonyl (C=O) groups excluding carboxylic acids is 2. The second-order valence-electron chi connectivity index (χ2n) is 9.64. The topological polar surface area (TPSA) is 67.2 Å². The molecule has 0 saturated carbocycles. The van der Waals surface area contributed by atoms with E-state index in [9.17, 15) is 14.0 Å². The molecular formula is C28H33FN4O2. The van der Waals surface area contributed by atoms with Gasteiger partial charge in [-0.15, -0.1) is 0 Å². The molecule has 3 aromatic rings. The van der Waals surface area contributed by atoms with Crippen LogP contribution >= 0.6 is 0 Å². The molecule has 0 spiro atoms. The van der Waals surface area contributed by atoms with Crippen molar-refractivity contribution in [3.8, 4) is 0 Å². The molecule has 1 N–H and O–H groups in total. The molecule has 2 amide bonds. The molecule has 1 saturated heterocycles. The van der Waals surface area contributed by atoms with Crippen molar-refractivity contribution in [2.45, 2.75) is 57.9 Å². The van der Waals surface area contributed by atoms with E-state index in [1.807, 2.05) is 42.5 Å². The van der Waals surface area contributed by atoms with Crippen molar-refractivity contribution >= 4 is 11.8 Å². The maximum Gasteiger partial charge on any atom is 0.243 e. The normalized spacial score (nSPS) is 19.5. The molecule has 2 heterocycles. The molecule has 6 nitrogen and oxygen atoms in total. The van der Waals surface area contributed by atoms with Gasteiger partial charge >= 0.3 is 0 Å². The molecule has 0 aliphatic carbocycles. The number of aromatic nitrogens is 2. The van der Waals surface area contributed by atoms with Gasteiger partial charge in [0.15, 0.2) is 0 Å². The highest BCUT2D eigenvalue weighted by Gasteiger charge is 2.41. The third-order valence-corrected chi connectivity index (χ3v) is 6.63. The van der Waals surface area contributed by atoms with Crippen molar-refractivity contribution in [2.75, 3.05) is 6.54 Å². The van der Waals surface area contributed by atoms with Crippen LogP contribution in [0.3, 0.4) is 0 Å². The summed E-state index contributed by atoms with van der Waals surface area (Å²) in [5.74, 6) is -0.606. The summed E-state index contributed by atoms with van der Waals surface area (Å²) < 4.78 is 16.2. The first-order valence-corrected chi connectivity index (χ1v) is 12.2. The number of nitrogens with one attached hydrogen (secondary N) is 1. The van der Waals surface area contributed by atoms with Crippen molar-refractivity contribution in [1.82, 2.24) is 20.0 Å². The number of carbonyl (C=O) groups is 2. The first-order valence-electron chi connectivity index (χ1n) is 12.2. The fourth-order valence-corrected chi connectivity index (χ4v) is 4.64. The lowest BCUT2D eigenvalue weighted by Gasteiger charge is -2.29. The van der Waals surface area contributed by atoms with E-state index in [1.165, 1.54) is 10.5 Å². The smallest absolute Gasteiger partial charge is 0.243 e. The Balaban J connectivity index is 1.54. The third kappa shape index (κ3) is 5.78. The summed E-state index contributed by atoms with van der Waals surface area (Å²) in [6.45, 7) is 6.37. The molecule has 1 aliphatic heterocycles. The largest absolute Gasteiger partial charge is 0.343 e. The highest BCUT2D eigenvalue weighted by atomic mass is 19.1. The molecule has 2 aromatic carbocycles. The monoisotopic (exact) mass is 476 g/mol. The Morgan fingerprint density at radius 3 is 2.29 bits per heavy atom. The molecule has 0 radical (unpaired) electrons. The van der Waals surface area contributed by atoms with Crippen LogP contribution in [0.4, 0.5) is 4.39 Å². The van der Waals surface area contributed by atoms with Gasteiger partial charge in [-0.25, -0.2) is 4.39 Å². The SMILES string of the molecule is CC(Cn1cccn1)C(=O)N1CC(F)CC1C(=O)NC(c1ccccc1)c1ccc(C(C)C)cc1. The maximum atomic E-state index is 14.5. The summed E-state index contributed by atoms with van der Waals surface area (Å²) in [5.41, 5.74) is 3.08. The molecule has 1 fully saturated rings. The van der Waals surface area contributed by atoms with Gasteiger partial charge in [-0.3, -0.25) is 14.3 Å². The molecule has 7 heteroatoms. The van der Waals surface area contributed by atoms with Crippen LogP contribution in [0.15, 0.2) is 73.1 Å². The van der Waals surface area contributed by atoms with Crippen LogP contribution < -0.4 is 5.32 Å². The Labute approximate surface area is 206 Å². The lowest BCUT2D eigenvalue weighted by atomic mass is 9.95. The molecule has 1 aliphatic rings. The standard InChI is InChI=1S/C28H33FN4O2/c1-19(2)21-10-12-23(13-11-21)26(22-8-5-4-6-9-22)31-27(34)25-16-24(29)18-33(25)28(35)20(3)17-32-15-7-14-30-32/h4-15,19-20,24-26H,16-18H2,1-3H3,(H,31,34). The fourth-order valence-electron chi connectivity index (χ4n) is 4.64. The predicted molar refractivity (Wildman–Crippen MR) is 133 cm³/mol. The van der Waals surface area contributed by atoms with E-state index in [2.05, 4.69) is 36.4 Å². The number of benzene rings is 2. The van der Waals surface area contributed by atoms with Crippen LogP contribution in [-0.2, 0) is 16.1 Å². The Hall–Kier alpha value is -3.48. The second kappa shape index (κ2) is 10.8. The number of nitrogens with zero attached hydrogens (tertiary/aromatic N) is 3. The van der Waals surface area contributed by atoms with Crippen LogP contribution in [0.5, 0.6) is 0 Å². The van der Waals surface area contributed by atoms with Crippen LogP contribution in [0.25, 0.3) is 0 Å². The Bertz CT molecular complexity index is 1120. The van der Waals surface area contributed by atoms with Crippen molar-refractivity contribution in [1.29, 1.82) is 0 Å². The molecular weight excluding hydrogens is 443 g/mol. The second-order valence-corrected chi connectivity index (χ2v) is 9.64. The molecule has 184 valence electrons. The van der Waals surface area contributed by atoms with Crippen LogP contribution in [0, 0.1) is 5.92 Å². The molecule has 4 unspecified atom stereocenters. The summed E-state index contributed by atoms with van der Waals surface area (Å²) in [6.07, 6.45) is 2.20. The summed E-state index contributed by atoms with van der Waals surface area (Å²) in [5, 5.41) is 7.26. The van der Waals surface area contributed by atoms with Crippen LogP contribution in [0.1, 0.15) is 55.8 Å². The number of amides is 2. The predicted octanol–water partition coefficient (Wildman–Crippen LogP) is 4.49. The van der Waals surface area contributed by atoms with E-state index in [1.54, 1.807) is 30.1 Å². The van der Waals surface area contributed by atoms with E-state index in [0.29, 0.717) is 12.5 Å². The van der Waals surface area contributed by atoms with Crippen molar-refractivity contribution < 1.29 is 14.0 Å². The highest BCUT2D eigenvalue weighted by molar-refractivity contribution is 5.89. The Kier molecular flexibility index (Phi) is 7.63. The summed E-state index contributed by atoms with van der Waals surface area (Å²) >= 11 is 0. The minimum atomic E-state index is -1.23. The lowest BCUT2D eigenvalue weighted by molar-refractivity contribution is -0.141. The van der Waals surface area contributed by atoms with Gasteiger partial charge in [0.2, 0.25) is 11.8 Å². The zero-order chi connectivity index (χ0) is 24.9. The van der Waals surface area contributed by atoms with E-state index in [-0.39, 0.29) is 24.8 Å². The van der Waals surface area contributed by atoms with Crippen molar-refractivity contribution in [2.24, 2.45) is 5.92 Å². The van der Waals surface area contributed by atoms with Gasteiger partial charge < -0.3 is 10.2 Å². The zero-order valence-corrected chi connectivity index (χ0v) is 20.5. The zero-order valence-electron chi connectivity index (χ0n) is 20.5. The number of likely N-dealkylation sites (tertiary alicyclic amines) is 1. The van der Waals surface area contributed by atoms with Gasteiger partial charge in [-0.05, 0) is 28.7 Å². The first kappa shape index (κ1) is 24.6. The van der Waals surface area contributed by atoms with Gasteiger partial charge in [0.1, 0.15) is 12.2 Å². The minimum Gasteiger partial charge on any atom is -0.343 e. The fraction of sp³-hybridized carbons (Fsp3) is 0.393. The Morgan fingerprint density at radius 2 is 1.66 bits per heavy atom. The van der Waals surface area contributed by atoms with Gasteiger partial charge in [-0.1, -0.05) is 75.4 Å². The van der Waals surface area contributed by atoms with Gasteiger partial charge in [-0.2, -0.15) is 5.10 Å². The maximum absolute atomic E-state index is 14.5. The van der Waals surface area contributed by atoms with Crippen molar-refractivity contribution in [3.63, 3.8) is 0 Å². The average Bonchev–Trinajstić information content (AvgIpc) is 3.52. The number of alkyl halides is 1. The number of hydrogen-bond acceptors (Lipinski definition) is 3. The number of rotatable bonds is 8. The van der Waals surface area contributed by atoms with Gasteiger partial charge in [0.25, 0.3) is 0 Å². The van der Waals surface area contributed by atoms with E-state index in [4.69, 9.17) is 0 Å². The van der Waals surface area contributed by atoms with Crippen LogP contribution in [0.2, 0.25) is 0 Å². The first-order chi connectivity index (χ1) is 16.8. The quantitative estimate of drug-likeness (QED) is 0.521. The highest BCUT2D eigenvalue weighted by Crippen LogP contribution is 2.27. The lowest BCUT2D eigenvalue weighted by Crippen LogP contribution is -2.48. The van der Waals surface area contributed by atoms with E-state index < -0.39 is 24.2 Å². The van der Waals surface area contributed by atoms with Crippen LogP contribution in [-0.4, -0.2) is 45.3 Å². The average molecular weight is 477 g/mol. The number of hydrogen-bond donors (Lipinski definition) is 1. The molecule has 35 heavy (non-hydrogen) atoms. The van der Waals surface area contributed by atoms with Gasteiger partial charge in [0.05, 0.1) is 25.0 Å². The summed E-state index contributed by atoms with van der Waals surface area (Å²) in [6, 6.07) is 18.4. The Morgan fingerprint density at radius 1 is 1.00 bits per heavy atom. The van der Waals surface area contributed by atoms with E-state index >= 15 is 0 Å². The molecule has 1 aromatic heterocycles. The summed E-state index contributed by atoms with van der Waals surface area (Å²) in [7, 11) is 0. The van der Waals surface area contributed by atoms with Crippen molar-refractivity contribution in [3.05, 3.63) is 89.7 Å². The summed E-state index contributed by atoms with van der Waals surface area (Å²) in [4.78, 5) is 28.1. The third-order valence-electron chi connectivity index (χ3n) is 6.63. The van der Waals surface area contributed by atoms with Gasteiger partial charge in [0, 0.05) is 18.8 Å². The van der Waals surface area contributed by atoms with E-state index in [0.717, 1.165) is 11.1 Å². The molecule has 0 bridgehead atoms. The number of halogens is 1. The molecule has 4 rings (SSSR count).